The molecule has 2 heteroatoms. The molecule has 0 saturated heterocycles. The Hall–Kier alpha value is -1.83. The van der Waals surface area contributed by atoms with E-state index in [1.165, 1.54) is 28.8 Å². The van der Waals surface area contributed by atoms with Crippen LogP contribution in [0.15, 0.2) is 42.5 Å². The molecule has 1 atom stereocenters. The minimum Gasteiger partial charge on any atom is -0.378 e. The predicted octanol–water partition coefficient (Wildman–Crippen LogP) is 4.62. The molecule has 0 fully saturated rings. The van der Waals surface area contributed by atoms with Gasteiger partial charge in [0.2, 0.25) is 0 Å². The van der Waals surface area contributed by atoms with E-state index in [-0.39, 0.29) is 11.9 Å². The number of aryl methyl sites for hydroxylation is 2. The van der Waals surface area contributed by atoms with Gasteiger partial charge in [-0.25, -0.2) is 4.39 Å². The van der Waals surface area contributed by atoms with E-state index in [1.807, 2.05) is 6.07 Å². The summed E-state index contributed by atoms with van der Waals surface area (Å²) in [6, 6.07) is 13.1. The quantitative estimate of drug-likeness (QED) is 0.829. The third-order valence-corrected chi connectivity index (χ3v) is 3.11. The van der Waals surface area contributed by atoms with Crippen LogP contribution in [0.2, 0.25) is 0 Å². The molecule has 0 aromatic heterocycles. The van der Waals surface area contributed by atoms with Gasteiger partial charge in [0.25, 0.3) is 0 Å². The van der Waals surface area contributed by atoms with Crippen LogP contribution in [0.25, 0.3) is 0 Å². The van der Waals surface area contributed by atoms with E-state index in [0.717, 1.165) is 5.69 Å². The Morgan fingerprint density at radius 1 is 1.06 bits per heavy atom. The van der Waals surface area contributed by atoms with Gasteiger partial charge in [-0.1, -0.05) is 29.8 Å². The maximum atomic E-state index is 13.1. The van der Waals surface area contributed by atoms with Gasteiger partial charge in [-0.15, -0.1) is 0 Å². The Balaban J connectivity index is 2.21. The summed E-state index contributed by atoms with van der Waals surface area (Å²) in [6.07, 6.45) is 0. The van der Waals surface area contributed by atoms with Gasteiger partial charge in [-0.05, 0) is 50.1 Å². The molecule has 2 aromatic carbocycles. The highest BCUT2D eigenvalue weighted by atomic mass is 19.1. The second-order valence-electron chi connectivity index (χ2n) is 4.74. The lowest BCUT2D eigenvalue weighted by molar-refractivity contribution is 0.628. The van der Waals surface area contributed by atoms with Crippen LogP contribution in [0.4, 0.5) is 10.1 Å². The Morgan fingerprint density at radius 3 is 2.56 bits per heavy atom. The standard InChI is InChI=1S/C16H18FN/c1-11-7-8-12(2)16(9-11)13(3)18-15-6-4-5-14(17)10-15/h4-10,13,18H,1-3H3. The van der Waals surface area contributed by atoms with Crippen LogP contribution in [0.3, 0.4) is 0 Å². The van der Waals surface area contributed by atoms with E-state index in [2.05, 4.69) is 44.3 Å². The maximum Gasteiger partial charge on any atom is 0.125 e. The number of halogens is 1. The number of benzene rings is 2. The molecule has 0 bridgehead atoms. The number of anilines is 1. The van der Waals surface area contributed by atoms with Crippen molar-refractivity contribution in [2.24, 2.45) is 0 Å². The minimum atomic E-state index is -0.215. The fraction of sp³-hybridized carbons (Fsp3) is 0.250. The first kappa shape index (κ1) is 12.6. The average molecular weight is 243 g/mol. The molecule has 94 valence electrons. The SMILES string of the molecule is Cc1ccc(C)c(C(C)Nc2cccc(F)c2)c1. The van der Waals surface area contributed by atoms with Crippen molar-refractivity contribution in [1.29, 1.82) is 0 Å². The topological polar surface area (TPSA) is 12.0 Å². The summed E-state index contributed by atoms with van der Waals surface area (Å²) in [5, 5.41) is 3.33. The van der Waals surface area contributed by atoms with Crippen molar-refractivity contribution in [3.63, 3.8) is 0 Å². The van der Waals surface area contributed by atoms with Gasteiger partial charge in [-0.3, -0.25) is 0 Å². The van der Waals surface area contributed by atoms with Crippen LogP contribution >= 0.6 is 0 Å². The molecular weight excluding hydrogens is 225 g/mol. The van der Waals surface area contributed by atoms with Gasteiger partial charge < -0.3 is 5.32 Å². The van der Waals surface area contributed by atoms with E-state index in [0.29, 0.717) is 0 Å². The lowest BCUT2D eigenvalue weighted by Crippen LogP contribution is -2.08. The van der Waals surface area contributed by atoms with Crippen LogP contribution in [-0.2, 0) is 0 Å². The summed E-state index contributed by atoms with van der Waals surface area (Å²) in [5.74, 6) is -0.215. The monoisotopic (exact) mass is 243 g/mol. The summed E-state index contributed by atoms with van der Waals surface area (Å²) >= 11 is 0. The second-order valence-corrected chi connectivity index (χ2v) is 4.74. The van der Waals surface area contributed by atoms with E-state index < -0.39 is 0 Å². The predicted molar refractivity (Wildman–Crippen MR) is 74.4 cm³/mol. The van der Waals surface area contributed by atoms with Crippen molar-refractivity contribution in [2.75, 3.05) is 5.32 Å². The molecule has 0 saturated carbocycles. The molecule has 0 aliphatic carbocycles. The Kier molecular flexibility index (Phi) is 3.66. The molecule has 2 rings (SSSR count). The highest BCUT2D eigenvalue weighted by molar-refractivity contribution is 5.46. The molecular formula is C16H18FN. The van der Waals surface area contributed by atoms with Crippen molar-refractivity contribution in [2.45, 2.75) is 26.8 Å². The molecule has 0 aliphatic heterocycles. The fourth-order valence-corrected chi connectivity index (χ4v) is 2.13. The molecule has 1 N–H and O–H groups in total. The van der Waals surface area contributed by atoms with Gasteiger partial charge in [0.05, 0.1) is 0 Å². The van der Waals surface area contributed by atoms with Crippen molar-refractivity contribution in [3.05, 3.63) is 65.0 Å². The number of hydrogen-bond donors (Lipinski definition) is 1. The fourth-order valence-electron chi connectivity index (χ4n) is 2.13. The summed E-state index contributed by atoms with van der Waals surface area (Å²) in [4.78, 5) is 0. The Labute approximate surface area is 108 Å². The third kappa shape index (κ3) is 2.89. The summed E-state index contributed by atoms with van der Waals surface area (Å²) in [7, 11) is 0. The molecule has 2 aromatic rings. The summed E-state index contributed by atoms with van der Waals surface area (Å²) in [6.45, 7) is 6.27. The molecule has 1 nitrogen and oxygen atoms in total. The Morgan fingerprint density at radius 2 is 1.83 bits per heavy atom. The Bertz CT molecular complexity index is 549. The zero-order valence-corrected chi connectivity index (χ0v) is 11.0. The van der Waals surface area contributed by atoms with E-state index in [1.54, 1.807) is 6.07 Å². The van der Waals surface area contributed by atoms with Crippen molar-refractivity contribution >= 4 is 5.69 Å². The molecule has 0 radical (unpaired) electrons. The third-order valence-electron chi connectivity index (χ3n) is 3.11. The first-order valence-corrected chi connectivity index (χ1v) is 6.15. The highest BCUT2D eigenvalue weighted by Gasteiger charge is 2.08. The lowest BCUT2D eigenvalue weighted by atomic mass is 10.00. The lowest BCUT2D eigenvalue weighted by Gasteiger charge is -2.18. The smallest absolute Gasteiger partial charge is 0.125 e. The van der Waals surface area contributed by atoms with Crippen LogP contribution < -0.4 is 5.32 Å². The molecule has 0 amide bonds. The van der Waals surface area contributed by atoms with Crippen molar-refractivity contribution < 1.29 is 4.39 Å². The highest BCUT2D eigenvalue weighted by Crippen LogP contribution is 2.23. The van der Waals surface area contributed by atoms with E-state index >= 15 is 0 Å². The van der Waals surface area contributed by atoms with Gasteiger partial charge >= 0.3 is 0 Å². The van der Waals surface area contributed by atoms with Crippen LogP contribution in [0, 0.1) is 19.7 Å². The van der Waals surface area contributed by atoms with Gasteiger partial charge in [0.1, 0.15) is 5.82 Å². The molecule has 0 aliphatic rings. The second kappa shape index (κ2) is 5.21. The molecule has 18 heavy (non-hydrogen) atoms. The van der Waals surface area contributed by atoms with Crippen molar-refractivity contribution in [1.82, 2.24) is 0 Å². The van der Waals surface area contributed by atoms with E-state index in [9.17, 15) is 4.39 Å². The van der Waals surface area contributed by atoms with Gasteiger partial charge in [0, 0.05) is 11.7 Å². The number of hydrogen-bond acceptors (Lipinski definition) is 1. The van der Waals surface area contributed by atoms with Crippen LogP contribution in [0.5, 0.6) is 0 Å². The molecule has 0 heterocycles. The van der Waals surface area contributed by atoms with Crippen molar-refractivity contribution in [3.8, 4) is 0 Å². The molecule has 0 spiro atoms. The maximum absolute atomic E-state index is 13.1. The number of nitrogens with one attached hydrogen (secondary N) is 1. The number of rotatable bonds is 3. The normalized spacial score (nSPS) is 12.2. The molecule has 1 unspecified atom stereocenters. The zero-order valence-electron chi connectivity index (χ0n) is 11.0. The van der Waals surface area contributed by atoms with Gasteiger partial charge in [-0.2, -0.15) is 0 Å². The van der Waals surface area contributed by atoms with Crippen LogP contribution in [-0.4, -0.2) is 0 Å². The van der Waals surface area contributed by atoms with Gasteiger partial charge in [0.15, 0.2) is 0 Å². The minimum absolute atomic E-state index is 0.159. The average Bonchev–Trinajstić information content (AvgIpc) is 2.32. The summed E-state index contributed by atoms with van der Waals surface area (Å²) in [5.41, 5.74) is 4.54. The zero-order chi connectivity index (χ0) is 13.1. The van der Waals surface area contributed by atoms with Crippen LogP contribution in [0.1, 0.15) is 29.7 Å². The largest absolute Gasteiger partial charge is 0.378 e. The summed E-state index contributed by atoms with van der Waals surface area (Å²) < 4.78 is 13.1. The first-order chi connectivity index (χ1) is 8.56. The first-order valence-electron chi connectivity index (χ1n) is 6.15. The van der Waals surface area contributed by atoms with E-state index in [4.69, 9.17) is 0 Å².